The zero-order chi connectivity index (χ0) is 12.9. The van der Waals surface area contributed by atoms with E-state index in [0.717, 1.165) is 5.06 Å². The average molecular weight is 232 g/mol. The number of nitrogens with two attached hydrogens (primary N) is 1. The van der Waals surface area contributed by atoms with E-state index in [1.165, 1.54) is 14.2 Å². The summed E-state index contributed by atoms with van der Waals surface area (Å²) in [6.45, 7) is 5.21. The van der Waals surface area contributed by atoms with Crippen molar-refractivity contribution in [2.24, 2.45) is 5.73 Å². The van der Waals surface area contributed by atoms with Gasteiger partial charge in [0.05, 0.1) is 13.5 Å². The van der Waals surface area contributed by atoms with Gasteiger partial charge in [-0.25, -0.2) is 5.06 Å². The lowest BCUT2D eigenvalue weighted by atomic mass is 10.1. The first kappa shape index (κ1) is 14.9. The number of carbonyl (C=O) groups excluding carboxylic acids is 2. The maximum atomic E-state index is 11.4. The van der Waals surface area contributed by atoms with Gasteiger partial charge >= 0.3 is 5.97 Å². The molecule has 0 bridgehead atoms. The quantitative estimate of drug-likeness (QED) is 0.547. The molecule has 6 heteroatoms. The molecular formula is C10H20N2O4. The molecule has 0 radical (unpaired) electrons. The fourth-order valence-electron chi connectivity index (χ4n) is 0.879. The normalized spacial score (nSPS) is 13.1. The molecule has 0 aliphatic carbocycles. The van der Waals surface area contributed by atoms with Gasteiger partial charge in [-0.3, -0.25) is 14.4 Å². The van der Waals surface area contributed by atoms with Crippen LogP contribution in [0.1, 0.15) is 27.2 Å². The van der Waals surface area contributed by atoms with Crippen LogP contribution in [0.15, 0.2) is 0 Å². The highest BCUT2D eigenvalue weighted by molar-refractivity contribution is 5.84. The fourth-order valence-corrected chi connectivity index (χ4v) is 0.879. The largest absolute Gasteiger partial charge is 0.459 e. The summed E-state index contributed by atoms with van der Waals surface area (Å²) in [5, 5.41) is 1.02. The first-order chi connectivity index (χ1) is 7.17. The van der Waals surface area contributed by atoms with Crippen molar-refractivity contribution in [2.75, 3.05) is 14.2 Å². The maximum Gasteiger partial charge on any atom is 0.323 e. The van der Waals surface area contributed by atoms with Crippen molar-refractivity contribution in [3.8, 4) is 0 Å². The highest BCUT2D eigenvalue weighted by atomic mass is 16.7. The van der Waals surface area contributed by atoms with Crippen molar-refractivity contribution < 1.29 is 19.2 Å². The molecule has 0 heterocycles. The van der Waals surface area contributed by atoms with E-state index < -0.39 is 17.6 Å². The summed E-state index contributed by atoms with van der Waals surface area (Å²) < 4.78 is 5.04. The summed E-state index contributed by atoms with van der Waals surface area (Å²) in [6, 6.07) is -0.968. The van der Waals surface area contributed by atoms with Crippen molar-refractivity contribution in [3.05, 3.63) is 0 Å². The molecule has 1 atom stereocenters. The standard InChI is InChI=1S/C10H20N2O4/c1-10(2,3)16-9(14)7(11)6-8(13)12(4)15-5/h7H,6,11H2,1-5H3. The molecule has 1 unspecified atom stereocenters. The number of nitrogens with zero attached hydrogens (tertiary/aromatic N) is 1. The van der Waals surface area contributed by atoms with Crippen LogP contribution >= 0.6 is 0 Å². The zero-order valence-corrected chi connectivity index (χ0v) is 10.4. The molecular weight excluding hydrogens is 212 g/mol. The molecule has 0 rings (SSSR count). The Bertz CT molecular complexity index is 260. The van der Waals surface area contributed by atoms with E-state index in [1.807, 2.05) is 0 Å². The van der Waals surface area contributed by atoms with Crippen LogP contribution < -0.4 is 5.73 Å². The molecule has 0 saturated heterocycles. The minimum Gasteiger partial charge on any atom is -0.459 e. The topological polar surface area (TPSA) is 81.9 Å². The number of hydroxylamine groups is 2. The predicted molar refractivity (Wildman–Crippen MR) is 58.2 cm³/mol. The SMILES string of the molecule is CON(C)C(=O)CC(N)C(=O)OC(C)(C)C. The molecule has 1 amide bonds. The molecule has 0 aliphatic heterocycles. The minimum absolute atomic E-state index is 0.140. The second-order valence-electron chi connectivity index (χ2n) is 4.42. The van der Waals surface area contributed by atoms with E-state index in [2.05, 4.69) is 4.84 Å². The van der Waals surface area contributed by atoms with Crippen LogP contribution in [0.3, 0.4) is 0 Å². The van der Waals surface area contributed by atoms with E-state index in [9.17, 15) is 9.59 Å². The molecule has 6 nitrogen and oxygen atoms in total. The Balaban J connectivity index is 4.21. The second-order valence-corrected chi connectivity index (χ2v) is 4.42. The molecule has 0 aliphatic rings. The lowest BCUT2D eigenvalue weighted by molar-refractivity contribution is -0.172. The van der Waals surface area contributed by atoms with E-state index in [4.69, 9.17) is 10.5 Å². The Kier molecular flexibility index (Phi) is 5.40. The van der Waals surface area contributed by atoms with Crippen LogP contribution in [0.5, 0.6) is 0 Å². The number of rotatable bonds is 4. The summed E-state index contributed by atoms with van der Waals surface area (Å²) in [6.07, 6.45) is -0.140. The summed E-state index contributed by atoms with van der Waals surface area (Å²) >= 11 is 0. The lowest BCUT2D eigenvalue weighted by Crippen LogP contribution is -2.41. The monoisotopic (exact) mass is 232 g/mol. The van der Waals surface area contributed by atoms with Gasteiger partial charge in [-0.15, -0.1) is 0 Å². The highest BCUT2D eigenvalue weighted by Crippen LogP contribution is 2.09. The van der Waals surface area contributed by atoms with Crippen molar-refractivity contribution in [2.45, 2.75) is 38.8 Å². The van der Waals surface area contributed by atoms with Crippen LogP contribution in [-0.2, 0) is 19.2 Å². The van der Waals surface area contributed by atoms with Gasteiger partial charge in [0.25, 0.3) is 0 Å². The summed E-state index contributed by atoms with van der Waals surface area (Å²) in [5.74, 6) is -0.966. The van der Waals surface area contributed by atoms with E-state index >= 15 is 0 Å². The number of esters is 1. The minimum atomic E-state index is -0.968. The number of hydrogen-bond donors (Lipinski definition) is 1. The Morgan fingerprint density at radius 1 is 1.38 bits per heavy atom. The van der Waals surface area contributed by atoms with Crippen LogP contribution in [0.2, 0.25) is 0 Å². The van der Waals surface area contributed by atoms with Gasteiger partial charge in [0, 0.05) is 7.05 Å². The summed E-state index contributed by atoms with van der Waals surface area (Å²) in [4.78, 5) is 27.5. The lowest BCUT2D eigenvalue weighted by Gasteiger charge is -2.22. The zero-order valence-electron chi connectivity index (χ0n) is 10.4. The Morgan fingerprint density at radius 3 is 2.25 bits per heavy atom. The van der Waals surface area contributed by atoms with Crippen LogP contribution in [0.4, 0.5) is 0 Å². The number of carbonyl (C=O) groups is 2. The van der Waals surface area contributed by atoms with Gasteiger partial charge in [0.15, 0.2) is 0 Å². The van der Waals surface area contributed by atoms with E-state index in [0.29, 0.717) is 0 Å². The van der Waals surface area contributed by atoms with Crippen LogP contribution in [0.25, 0.3) is 0 Å². The van der Waals surface area contributed by atoms with Gasteiger partial charge in [-0.1, -0.05) is 0 Å². The molecule has 0 aromatic carbocycles. The van der Waals surface area contributed by atoms with Crippen molar-refractivity contribution in [3.63, 3.8) is 0 Å². The van der Waals surface area contributed by atoms with Crippen LogP contribution in [-0.4, -0.2) is 42.7 Å². The predicted octanol–water partition coefficient (Wildman–Crippen LogP) is 0.0653. The van der Waals surface area contributed by atoms with Crippen molar-refractivity contribution in [1.29, 1.82) is 0 Å². The summed E-state index contributed by atoms with van der Waals surface area (Å²) in [5.41, 5.74) is 4.93. The van der Waals surface area contributed by atoms with E-state index in [-0.39, 0.29) is 12.3 Å². The van der Waals surface area contributed by atoms with Gasteiger partial charge in [0.2, 0.25) is 5.91 Å². The first-order valence-electron chi connectivity index (χ1n) is 4.96. The average Bonchev–Trinajstić information content (AvgIpc) is 2.13. The number of ether oxygens (including phenoxy) is 1. The van der Waals surface area contributed by atoms with Gasteiger partial charge in [0.1, 0.15) is 11.6 Å². The van der Waals surface area contributed by atoms with Crippen molar-refractivity contribution >= 4 is 11.9 Å². The molecule has 94 valence electrons. The third-order valence-corrected chi connectivity index (χ3v) is 1.73. The van der Waals surface area contributed by atoms with Gasteiger partial charge < -0.3 is 10.5 Å². The maximum absolute atomic E-state index is 11.4. The molecule has 2 N–H and O–H groups in total. The molecule has 16 heavy (non-hydrogen) atoms. The molecule has 0 saturated carbocycles. The first-order valence-corrected chi connectivity index (χ1v) is 4.96. The number of hydrogen-bond acceptors (Lipinski definition) is 5. The molecule has 0 aromatic heterocycles. The highest BCUT2D eigenvalue weighted by Gasteiger charge is 2.25. The molecule has 0 fully saturated rings. The van der Waals surface area contributed by atoms with Crippen LogP contribution in [0, 0.1) is 0 Å². The van der Waals surface area contributed by atoms with Gasteiger partial charge in [-0.05, 0) is 20.8 Å². The molecule has 0 spiro atoms. The Hall–Kier alpha value is -1.14. The fraction of sp³-hybridized carbons (Fsp3) is 0.800. The van der Waals surface area contributed by atoms with Crippen molar-refractivity contribution in [1.82, 2.24) is 5.06 Å². The third-order valence-electron chi connectivity index (χ3n) is 1.73. The third kappa shape index (κ3) is 5.67. The van der Waals surface area contributed by atoms with Gasteiger partial charge in [-0.2, -0.15) is 0 Å². The summed E-state index contributed by atoms with van der Waals surface area (Å²) in [7, 11) is 2.81. The molecule has 0 aromatic rings. The Labute approximate surface area is 95.6 Å². The second kappa shape index (κ2) is 5.81. The number of amides is 1. The van der Waals surface area contributed by atoms with E-state index in [1.54, 1.807) is 20.8 Å². The smallest absolute Gasteiger partial charge is 0.323 e. The Morgan fingerprint density at radius 2 is 1.88 bits per heavy atom.